The number of primary amides is 1. The summed E-state index contributed by atoms with van der Waals surface area (Å²) in [6.45, 7) is 1.73. The maximum Gasteiger partial charge on any atom is 0.417 e. The Balaban J connectivity index is 1.61. The predicted octanol–water partition coefficient (Wildman–Crippen LogP) is 2.22. The topological polar surface area (TPSA) is 79.5 Å². The minimum atomic E-state index is -4.42. The highest BCUT2D eigenvalue weighted by Gasteiger charge is 2.31. The van der Waals surface area contributed by atoms with E-state index in [0.717, 1.165) is 23.6 Å². The summed E-state index contributed by atoms with van der Waals surface area (Å²) in [4.78, 5) is 31.3. The van der Waals surface area contributed by atoms with Gasteiger partial charge in [-0.05, 0) is 18.2 Å². The summed E-state index contributed by atoms with van der Waals surface area (Å²) in [5.74, 6) is -0.335. The second-order valence-corrected chi connectivity index (χ2v) is 6.66. The van der Waals surface area contributed by atoms with Crippen LogP contribution in [0.2, 0.25) is 0 Å². The Morgan fingerprint density at radius 3 is 2.35 bits per heavy atom. The van der Waals surface area contributed by atoms with Gasteiger partial charge in [-0.1, -0.05) is 0 Å². The molecule has 1 saturated heterocycles. The minimum absolute atomic E-state index is 0.192. The number of hydrogen-bond acceptors (Lipinski definition) is 5. The third-order valence-corrected chi connectivity index (χ3v) is 4.98. The summed E-state index contributed by atoms with van der Waals surface area (Å²) in [5, 5.41) is 1.54. The highest BCUT2D eigenvalue weighted by atomic mass is 32.1. The molecule has 1 aliphatic heterocycles. The van der Waals surface area contributed by atoms with E-state index in [0.29, 0.717) is 42.4 Å². The number of thiophene rings is 1. The van der Waals surface area contributed by atoms with Crippen LogP contribution in [0.25, 0.3) is 0 Å². The van der Waals surface area contributed by atoms with Crippen molar-refractivity contribution >= 4 is 29.0 Å². The number of rotatable bonds is 3. The summed E-state index contributed by atoms with van der Waals surface area (Å²) in [5.41, 5.74) is 4.69. The number of alkyl halides is 3. The first-order valence-electron chi connectivity index (χ1n) is 7.71. The van der Waals surface area contributed by atoms with Crippen LogP contribution >= 0.6 is 11.3 Å². The van der Waals surface area contributed by atoms with Crippen molar-refractivity contribution in [2.75, 3.05) is 31.1 Å². The highest BCUT2D eigenvalue weighted by Crippen LogP contribution is 2.29. The summed E-state index contributed by atoms with van der Waals surface area (Å²) in [6.07, 6.45) is -3.61. The highest BCUT2D eigenvalue weighted by molar-refractivity contribution is 7.12. The SMILES string of the molecule is NC(=O)c1csc(C(=O)N2CCN(c3ccc(C(F)(F)F)cn3)CC2)c1. The molecule has 0 saturated carbocycles. The average Bonchev–Trinajstić information content (AvgIpc) is 3.11. The summed E-state index contributed by atoms with van der Waals surface area (Å²) in [7, 11) is 0. The monoisotopic (exact) mass is 384 g/mol. The van der Waals surface area contributed by atoms with Gasteiger partial charge in [-0.25, -0.2) is 4.98 Å². The lowest BCUT2D eigenvalue weighted by atomic mass is 10.2. The van der Waals surface area contributed by atoms with Crippen LogP contribution in [0.1, 0.15) is 25.6 Å². The first kappa shape index (κ1) is 18.2. The summed E-state index contributed by atoms with van der Waals surface area (Å²) in [6, 6.07) is 3.80. The number of nitrogens with two attached hydrogens (primary N) is 1. The maximum absolute atomic E-state index is 12.6. The molecular formula is C16H15F3N4O2S. The molecule has 3 heterocycles. The van der Waals surface area contributed by atoms with Crippen LogP contribution in [0, 0.1) is 0 Å². The molecule has 0 aromatic carbocycles. The van der Waals surface area contributed by atoms with Crippen molar-refractivity contribution in [3.05, 3.63) is 45.8 Å². The molecule has 2 N–H and O–H groups in total. The Kier molecular flexibility index (Phi) is 4.86. The largest absolute Gasteiger partial charge is 0.417 e. The van der Waals surface area contributed by atoms with E-state index >= 15 is 0 Å². The first-order valence-corrected chi connectivity index (χ1v) is 8.59. The van der Waals surface area contributed by atoms with E-state index < -0.39 is 17.6 Å². The molecule has 0 atom stereocenters. The van der Waals surface area contributed by atoms with Crippen molar-refractivity contribution < 1.29 is 22.8 Å². The molecule has 1 fully saturated rings. The van der Waals surface area contributed by atoms with E-state index in [9.17, 15) is 22.8 Å². The second-order valence-electron chi connectivity index (χ2n) is 5.75. The summed E-state index contributed by atoms with van der Waals surface area (Å²) < 4.78 is 37.8. The van der Waals surface area contributed by atoms with E-state index in [4.69, 9.17) is 5.73 Å². The van der Waals surface area contributed by atoms with Crippen LogP contribution in [0.15, 0.2) is 29.8 Å². The van der Waals surface area contributed by atoms with Crippen molar-refractivity contribution in [3.8, 4) is 0 Å². The minimum Gasteiger partial charge on any atom is -0.366 e. The fourth-order valence-electron chi connectivity index (χ4n) is 2.61. The van der Waals surface area contributed by atoms with Crippen LogP contribution in [0.4, 0.5) is 19.0 Å². The lowest BCUT2D eigenvalue weighted by Crippen LogP contribution is -2.48. The molecule has 138 valence electrons. The van der Waals surface area contributed by atoms with Crippen LogP contribution in [0.3, 0.4) is 0 Å². The average molecular weight is 384 g/mol. The predicted molar refractivity (Wildman–Crippen MR) is 90.2 cm³/mol. The fraction of sp³-hybridized carbons (Fsp3) is 0.312. The quantitative estimate of drug-likeness (QED) is 0.880. The first-order chi connectivity index (χ1) is 12.3. The Bertz CT molecular complexity index is 812. The molecule has 0 spiro atoms. The second kappa shape index (κ2) is 6.94. The number of halogens is 3. The number of aromatic nitrogens is 1. The third kappa shape index (κ3) is 3.79. The van der Waals surface area contributed by atoms with Gasteiger partial charge in [0.1, 0.15) is 5.82 Å². The van der Waals surface area contributed by atoms with Gasteiger partial charge in [0.25, 0.3) is 5.91 Å². The Hall–Kier alpha value is -2.62. The molecule has 0 bridgehead atoms. The molecule has 3 rings (SSSR count). The molecule has 1 aliphatic rings. The fourth-order valence-corrected chi connectivity index (χ4v) is 3.48. The van der Waals surface area contributed by atoms with Gasteiger partial charge in [0.2, 0.25) is 5.91 Å². The van der Waals surface area contributed by atoms with E-state index in [1.807, 2.05) is 4.90 Å². The third-order valence-electron chi connectivity index (χ3n) is 4.06. The smallest absolute Gasteiger partial charge is 0.366 e. The number of nitrogens with zero attached hydrogens (tertiary/aromatic N) is 3. The maximum atomic E-state index is 12.6. The van der Waals surface area contributed by atoms with Gasteiger partial charge >= 0.3 is 6.18 Å². The zero-order valence-corrected chi connectivity index (χ0v) is 14.3. The summed E-state index contributed by atoms with van der Waals surface area (Å²) >= 11 is 1.16. The number of carbonyl (C=O) groups is 2. The van der Waals surface area contributed by atoms with Crippen LogP contribution in [-0.2, 0) is 6.18 Å². The van der Waals surface area contributed by atoms with Gasteiger partial charge in [0, 0.05) is 37.8 Å². The lowest BCUT2D eigenvalue weighted by molar-refractivity contribution is -0.137. The van der Waals surface area contributed by atoms with Crippen LogP contribution in [0.5, 0.6) is 0 Å². The molecule has 2 aromatic rings. The Labute approximate surface area is 151 Å². The standard InChI is InChI=1S/C16H15F3N4O2S/c17-16(18,19)11-1-2-13(21-8-11)22-3-5-23(6-4-22)15(25)12-7-10(9-26-12)14(20)24/h1-2,7-9H,3-6H2,(H2,20,24). The van der Waals surface area contributed by atoms with Gasteiger partial charge in [-0.2, -0.15) is 13.2 Å². The molecule has 10 heteroatoms. The van der Waals surface area contributed by atoms with Gasteiger partial charge in [-0.15, -0.1) is 11.3 Å². The number of hydrogen-bond donors (Lipinski definition) is 1. The van der Waals surface area contributed by atoms with E-state index in [-0.39, 0.29) is 5.91 Å². The van der Waals surface area contributed by atoms with E-state index in [1.165, 1.54) is 17.5 Å². The molecule has 6 nitrogen and oxygen atoms in total. The number of anilines is 1. The lowest BCUT2D eigenvalue weighted by Gasteiger charge is -2.35. The van der Waals surface area contributed by atoms with Gasteiger partial charge < -0.3 is 15.5 Å². The van der Waals surface area contributed by atoms with Gasteiger partial charge in [0.05, 0.1) is 16.0 Å². The number of pyridine rings is 1. The molecule has 2 aromatic heterocycles. The van der Waals surface area contributed by atoms with Crippen LogP contribution < -0.4 is 10.6 Å². The van der Waals surface area contributed by atoms with Crippen molar-refractivity contribution in [2.24, 2.45) is 5.73 Å². The van der Waals surface area contributed by atoms with Gasteiger partial charge in [-0.3, -0.25) is 9.59 Å². The van der Waals surface area contributed by atoms with Crippen molar-refractivity contribution in [1.82, 2.24) is 9.88 Å². The Morgan fingerprint density at radius 1 is 1.15 bits per heavy atom. The zero-order valence-electron chi connectivity index (χ0n) is 13.5. The molecule has 0 radical (unpaired) electrons. The molecule has 2 amide bonds. The van der Waals surface area contributed by atoms with Gasteiger partial charge in [0.15, 0.2) is 0 Å². The number of piperazine rings is 1. The zero-order chi connectivity index (χ0) is 18.9. The normalized spacial score (nSPS) is 15.2. The van der Waals surface area contributed by atoms with Crippen LogP contribution in [-0.4, -0.2) is 47.9 Å². The molecule has 26 heavy (non-hydrogen) atoms. The van der Waals surface area contributed by atoms with E-state index in [1.54, 1.807) is 4.90 Å². The van der Waals surface area contributed by atoms with Crippen molar-refractivity contribution in [1.29, 1.82) is 0 Å². The molecule has 0 unspecified atom stereocenters. The molecule has 0 aliphatic carbocycles. The Morgan fingerprint density at radius 2 is 1.85 bits per heavy atom. The number of amides is 2. The van der Waals surface area contributed by atoms with E-state index in [2.05, 4.69) is 4.98 Å². The van der Waals surface area contributed by atoms with Crippen molar-refractivity contribution in [2.45, 2.75) is 6.18 Å². The molecular weight excluding hydrogens is 369 g/mol. The van der Waals surface area contributed by atoms with Crippen molar-refractivity contribution in [3.63, 3.8) is 0 Å². The number of carbonyl (C=O) groups excluding carboxylic acids is 2.